The third kappa shape index (κ3) is 9.67. The van der Waals surface area contributed by atoms with E-state index in [4.69, 9.17) is 14.2 Å². The summed E-state index contributed by atoms with van der Waals surface area (Å²) in [4.78, 5) is 24.3. The summed E-state index contributed by atoms with van der Waals surface area (Å²) >= 11 is 0. The number of carbonyl (C=O) groups excluding carboxylic acids is 2. The Morgan fingerprint density at radius 1 is 1.19 bits per heavy atom. The van der Waals surface area contributed by atoms with Gasteiger partial charge in [-0.25, -0.2) is 0 Å². The molecule has 0 bridgehead atoms. The van der Waals surface area contributed by atoms with Crippen LogP contribution in [0.1, 0.15) is 73.1 Å². The van der Waals surface area contributed by atoms with Crippen molar-refractivity contribution in [2.75, 3.05) is 13.2 Å². The molecule has 2 amide bonds. The van der Waals surface area contributed by atoms with Crippen molar-refractivity contribution < 1.29 is 28.9 Å². The Bertz CT molecular complexity index is 862. The van der Waals surface area contributed by atoms with Crippen LogP contribution in [0.25, 0.3) is 0 Å². The zero-order valence-corrected chi connectivity index (χ0v) is 23.1. The van der Waals surface area contributed by atoms with Crippen molar-refractivity contribution in [1.82, 2.24) is 10.6 Å². The minimum atomic E-state index is -0.649. The largest absolute Gasteiger partial charge is 0.389 e. The van der Waals surface area contributed by atoms with Gasteiger partial charge >= 0.3 is 0 Å². The lowest BCUT2D eigenvalue weighted by molar-refractivity contribution is -0.127. The van der Waals surface area contributed by atoms with Gasteiger partial charge < -0.3 is 30.0 Å². The lowest BCUT2D eigenvalue weighted by atomic mass is 9.88. The molecule has 0 aromatic carbocycles. The fraction of sp³-hybridized carbons (Fsp3) is 0.724. The van der Waals surface area contributed by atoms with Crippen LogP contribution in [0.2, 0.25) is 0 Å². The highest BCUT2D eigenvalue weighted by molar-refractivity contribution is 5.87. The monoisotopic (exact) mass is 518 g/mol. The van der Waals surface area contributed by atoms with Crippen LogP contribution < -0.4 is 10.6 Å². The van der Waals surface area contributed by atoms with E-state index >= 15 is 0 Å². The molecule has 3 rings (SSSR count). The summed E-state index contributed by atoms with van der Waals surface area (Å²) in [5, 5.41) is 15.3. The van der Waals surface area contributed by atoms with Crippen LogP contribution in [-0.4, -0.2) is 72.2 Å². The summed E-state index contributed by atoms with van der Waals surface area (Å²) in [6, 6.07) is -0.0558. The van der Waals surface area contributed by atoms with Crippen LogP contribution in [-0.2, 0) is 23.8 Å². The second-order valence-corrected chi connectivity index (χ2v) is 11.1. The van der Waals surface area contributed by atoms with E-state index in [1.54, 1.807) is 6.92 Å². The van der Waals surface area contributed by atoms with Gasteiger partial charge in [0, 0.05) is 25.5 Å². The molecule has 8 atom stereocenters. The normalized spacial score (nSPS) is 35.1. The smallest absolute Gasteiger partial charge is 0.244 e. The van der Waals surface area contributed by atoms with Gasteiger partial charge in [0.2, 0.25) is 11.8 Å². The van der Waals surface area contributed by atoms with Gasteiger partial charge in [0.15, 0.2) is 0 Å². The minimum Gasteiger partial charge on any atom is -0.389 e. The Hall–Kier alpha value is -2.00. The van der Waals surface area contributed by atoms with Crippen LogP contribution in [0, 0.1) is 5.92 Å². The highest BCUT2D eigenvalue weighted by atomic mass is 16.6. The molecule has 37 heavy (non-hydrogen) atoms. The summed E-state index contributed by atoms with van der Waals surface area (Å²) in [5.41, 5.74) is 1.01. The highest BCUT2D eigenvalue weighted by Crippen LogP contribution is 2.43. The summed E-state index contributed by atoms with van der Waals surface area (Å²) < 4.78 is 18.2. The predicted molar refractivity (Wildman–Crippen MR) is 143 cm³/mol. The average molecular weight is 519 g/mol. The molecule has 0 aromatic heterocycles. The van der Waals surface area contributed by atoms with Gasteiger partial charge in [0.05, 0.1) is 55.2 Å². The van der Waals surface area contributed by atoms with Crippen molar-refractivity contribution in [3.8, 4) is 0 Å². The molecule has 3 aliphatic rings. The SMILES string of the molecule is CCCNC(=O)C[C@@H]1C[C@@]2(CO2)C[C@@H](/C=C/C(C)=C/C[C@@H]2O[C@H](C)[C@H](NC(=O)/C=C\[C@H](C)O)C[C@@H]2C)O1. The first-order valence-corrected chi connectivity index (χ1v) is 13.8. The number of carbonyl (C=O) groups is 2. The Morgan fingerprint density at radius 3 is 2.62 bits per heavy atom. The standard InChI is InChI=1S/C29H46N2O6/c1-6-13-30-28(34)15-24-17-29(18-35-29)16-23(37-24)10-7-19(2)8-11-26-20(3)14-25(22(5)36-26)31-27(33)12-9-21(4)32/h7-10,12,20-26,32H,6,11,13-18H2,1-5H3,(H,30,34)(H,31,33)/b10-7+,12-9-,19-8+/t20-,21-,22+,23+,24+,25+,26-,29+/m0/s1. The van der Waals surface area contributed by atoms with Crippen molar-refractivity contribution in [3.63, 3.8) is 0 Å². The number of hydrogen-bond acceptors (Lipinski definition) is 6. The minimum absolute atomic E-state index is 0.0391. The molecule has 0 saturated carbocycles. The molecular formula is C29H46N2O6. The van der Waals surface area contributed by atoms with Crippen molar-refractivity contribution in [3.05, 3.63) is 36.0 Å². The lowest BCUT2D eigenvalue weighted by Crippen LogP contribution is -2.50. The third-order valence-corrected chi connectivity index (χ3v) is 7.39. The number of allylic oxidation sites excluding steroid dienone is 2. The lowest BCUT2D eigenvalue weighted by Gasteiger charge is -2.39. The van der Waals surface area contributed by atoms with E-state index in [2.05, 4.69) is 42.7 Å². The molecule has 1 spiro atoms. The predicted octanol–water partition coefficient (Wildman–Crippen LogP) is 3.35. The molecule has 8 heteroatoms. The van der Waals surface area contributed by atoms with Gasteiger partial charge in [-0.3, -0.25) is 9.59 Å². The molecule has 0 aliphatic carbocycles. The Kier molecular flexibility index (Phi) is 10.9. The van der Waals surface area contributed by atoms with E-state index in [1.165, 1.54) is 12.2 Å². The average Bonchev–Trinajstić information content (AvgIpc) is 3.58. The number of aliphatic hydroxyl groups excluding tert-OH is 1. The molecule has 3 aliphatic heterocycles. The Morgan fingerprint density at radius 2 is 1.95 bits per heavy atom. The summed E-state index contributed by atoms with van der Waals surface area (Å²) in [7, 11) is 0. The van der Waals surface area contributed by atoms with Crippen LogP contribution in [0.5, 0.6) is 0 Å². The topological polar surface area (TPSA) is 109 Å². The van der Waals surface area contributed by atoms with Crippen molar-refractivity contribution in [2.24, 2.45) is 5.92 Å². The number of aliphatic hydroxyl groups is 1. The molecule has 3 N–H and O–H groups in total. The molecule has 3 fully saturated rings. The highest BCUT2D eigenvalue weighted by Gasteiger charge is 2.51. The van der Waals surface area contributed by atoms with Gasteiger partial charge in [-0.15, -0.1) is 0 Å². The number of epoxide rings is 1. The van der Waals surface area contributed by atoms with E-state index in [9.17, 15) is 14.7 Å². The quantitative estimate of drug-likeness (QED) is 0.220. The first-order valence-electron chi connectivity index (χ1n) is 13.8. The van der Waals surface area contributed by atoms with E-state index in [1.807, 2.05) is 13.8 Å². The molecule has 0 aromatic rings. The molecule has 8 nitrogen and oxygen atoms in total. The van der Waals surface area contributed by atoms with Crippen LogP contribution in [0.3, 0.4) is 0 Å². The summed E-state index contributed by atoms with van der Waals surface area (Å²) in [5.74, 6) is 0.126. The van der Waals surface area contributed by atoms with Gasteiger partial charge in [0.1, 0.15) is 0 Å². The molecule has 0 unspecified atom stereocenters. The molecule has 3 heterocycles. The number of amides is 2. The fourth-order valence-electron chi connectivity index (χ4n) is 5.12. The number of ether oxygens (including phenoxy) is 3. The van der Waals surface area contributed by atoms with Crippen molar-refractivity contribution in [2.45, 2.75) is 115 Å². The molecule has 0 radical (unpaired) electrons. The van der Waals surface area contributed by atoms with E-state index in [0.717, 1.165) is 44.3 Å². The number of rotatable bonds is 11. The first kappa shape index (κ1) is 29.6. The summed E-state index contributed by atoms with van der Waals surface area (Å²) in [6.45, 7) is 11.3. The maximum absolute atomic E-state index is 12.2. The molecule has 208 valence electrons. The van der Waals surface area contributed by atoms with Gasteiger partial charge in [0.25, 0.3) is 0 Å². The summed E-state index contributed by atoms with van der Waals surface area (Å²) in [6.07, 6.45) is 12.9. The second-order valence-electron chi connectivity index (χ2n) is 11.1. The fourth-order valence-corrected chi connectivity index (χ4v) is 5.12. The van der Waals surface area contributed by atoms with Crippen molar-refractivity contribution in [1.29, 1.82) is 0 Å². The van der Waals surface area contributed by atoms with E-state index in [0.29, 0.717) is 18.9 Å². The molecule has 3 saturated heterocycles. The number of nitrogens with one attached hydrogen (secondary N) is 2. The third-order valence-electron chi connectivity index (χ3n) is 7.39. The number of hydrogen-bond donors (Lipinski definition) is 3. The maximum Gasteiger partial charge on any atom is 0.244 e. The van der Waals surface area contributed by atoms with Gasteiger partial charge in [-0.1, -0.05) is 43.7 Å². The Balaban J connectivity index is 1.48. The van der Waals surface area contributed by atoms with Gasteiger partial charge in [-0.05, 0) is 46.0 Å². The van der Waals surface area contributed by atoms with Crippen molar-refractivity contribution >= 4 is 11.8 Å². The van der Waals surface area contributed by atoms with Crippen LogP contribution in [0.4, 0.5) is 0 Å². The van der Waals surface area contributed by atoms with Crippen LogP contribution in [0.15, 0.2) is 36.0 Å². The van der Waals surface area contributed by atoms with Gasteiger partial charge in [-0.2, -0.15) is 0 Å². The molecular weight excluding hydrogens is 472 g/mol. The van der Waals surface area contributed by atoms with E-state index in [-0.39, 0.29) is 47.9 Å². The first-order chi connectivity index (χ1) is 17.6. The van der Waals surface area contributed by atoms with E-state index < -0.39 is 6.10 Å². The maximum atomic E-state index is 12.2. The zero-order chi connectivity index (χ0) is 27.0. The Labute approximate surface area is 221 Å². The van der Waals surface area contributed by atoms with Crippen LogP contribution >= 0.6 is 0 Å². The second kappa shape index (κ2) is 13.7. The zero-order valence-electron chi connectivity index (χ0n) is 23.1.